The fraction of sp³-hybridized carbons (Fsp3) is 0.760. The van der Waals surface area contributed by atoms with E-state index in [9.17, 15) is 0 Å². The van der Waals surface area contributed by atoms with Crippen molar-refractivity contribution in [1.29, 1.82) is 0 Å². The molecule has 0 bridgehead atoms. The summed E-state index contributed by atoms with van der Waals surface area (Å²) < 4.78 is 4.36. The van der Waals surface area contributed by atoms with Gasteiger partial charge in [-0.25, -0.2) is 0 Å². The second-order valence-electron chi connectivity index (χ2n) is 9.94. The molecule has 0 aromatic carbocycles. The average Bonchev–Trinajstić information content (AvgIpc) is 3.30. The molecular weight excluding hydrogens is 348 g/mol. The molecule has 1 saturated carbocycles. The van der Waals surface area contributed by atoms with Gasteiger partial charge in [-0.2, -0.15) is 0 Å². The van der Waals surface area contributed by atoms with Gasteiger partial charge in [0.25, 0.3) is 0 Å². The van der Waals surface area contributed by atoms with E-state index >= 15 is 0 Å². The van der Waals surface area contributed by atoms with E-state index in [4.69, 9.17) is 0 Å². The Morgan fingerprint density at radius 1 is 1.00 bits per heavy atom. The second kappa shape index (κ2) is 8.52. The molecule has 0 aliphatic heterocycles. The molecule has 0 N–H and O–H groups in total. The zero-order valence-corrected chi connectivity index (χ0v) is 19.5. The standard InChI is InChI=1S/C17H23.2C4H9.Ti/c1-16(2)11-12-17(3,13-7-4-5-8-13)15-10-6-9-14(15)16;2*1-3-4-2;/h4-5,7,9,11-12,14-15H,6,8,10H2,1-3H3;2*1,3-4H2,2H3;. The molecule has 4 atom stereocenters. The maximum atomic E-state index is 2.63. The van der Waals surface area contributed by atoms with Crippen molar-refractivity contribution in [3.8, 4) is 0 Å². The number of allylic oxidation sites excluding steroid dienone is 6. The van der Waals surface area contributed by atoms with Crippen LogP contribution in [-0.2, 0) is 17.9 Å². The number of hydrogen-bond acceptors (Lipinski definition) is 0. The van der Waals surface area contributed by atoms with Crippen molar-refractivity contribution >= 4 is 0 Å². The molecule has 145 valence electrons. The Labute approximate surface area is 169 Å². The summed E-state index contributed by atoms with van der Waals surface area (Å²) >= 11 is -0.981. The van der Waals surface area contributed by atoms with E-state index in [2.05, 4.69) is 65.0 Å². The third kappa shape index (κ3) is 3.88. The van der Waals surface area contributed by atoms with Crippen LogP contribution in [0.4, 0.5) is 0 Å². The number of fused-ring (bicyclic) bond motifs is 1. The minimum atomic E-state index is -0.981. The van der Waals surface area contributed by atoms with Crippen LogP contribution in [-0.4, -0.2) is 0 Å². The molecule has 3 rings (SSSR count). The Morgan fingerprint density at radius 2 is 1.69 bits per heavy atom. The van der Waals surface area contributed by atoms with Crippen molar-refractivity contribution in [2.45, 2.75) is 93.2 Å². The van der Waals surface area contributed by atoms with E-state index in [1.807, 2.05) is 0 Å². The third-order valence-corrected chi connectivity index (χ3v) is 13.6. The van der Waals surface area contributed by atoms with Gasteiger partial charge in [-0.05, 0) is 0 Å². The van der Waals surface area contributed by atoms with E-state index in [1.54, 1.807) is 21.4 Å². The maximum absolute atomic E-state index is 2.63. The van der Waals surface area contributed by atoms with Crippen LogP contribution in [0.5, 0.6) is 0 Å². The van der Waals surface area contributed by atoms with Crippen molar-refractivity contribution < 1.29 is 17.9 Å². The minimum absolute atomic E-state index is 0.317. The molecule has 4 unspecified atom stereocenters. The number of rotatable bonds is 8. The first-order valence-electron chi connectivity index (χ1n) is 11.3. The third-order valence-electron chi connectivity index (χ3n) is 7.83. The summed E-state index contributed by atoms with van der Waals surface area (Å²) in [5.41, 5.74) is 2.40. The predicted octanol–water partition coefficient (Wildman–Crippen LogP) is 8.34. The molecule has 0 aromatic heterocycles. The summed E-state index contributed by atoms with van der Waals surface area (Å²) in [6.07, 6.45) is 22.3. The van der Waals surface area contributed by atoms with Gasteiger partial charge in [-0.1, -0.05) is 0 Å². The van der Waals surface area contributed by atoms with Gasteiger partial charge in [0, 0.05) is 0 Å². The van der Waals surface area contributed by atoms with E-state index in [-0.39, 0.29) is 0 Å². The number of unbranched alkanes of at least 4 members (excludes halogenated alkanes) is 2. The van der Waals surface area contributed by atoms with Gasteiger partial charge in [0.15, 0.2) is 0 Å². The molecule has 26 heavy (non-hydrogen) atoms. The first-order chi connectivity index (χ1) is 12.4. The normalized spacial score (nSPS) is 34.8. The average molecular weight is 389 g/mol. The molecule has 0 radical (unpaired) electrons. The van der Waals surface area contributed by atoms with Gasteiger partial charge < -0.3 is 0 Å². The van der Waals surface area contributed by atoms with E-state index in [1.165, 1.54) is 38.5 Å². The summed E-state index contributed by atoms with van der Waals surface area (Å²) in [4.78, 5) is 0. The molecule has 3 aliphatic rings. The van der Waals surface area contributed by atoms with Crippen LogP contribution >= 0.6 is 0 Å². The van der Waals surface area contributed by atoms with Crippen LogP contribution in [0.15, 0.2) is 36.0 Å². The molecule has 0 aromatic rings. The van der Waals surface area contributed by atoms with Crippen molar-refractivity contribution in [2.24, 2.45) is 22.7 Å². The molecular formula is C25H41Ti. The van der Waals surface area contributed by atoms with E-state index in [0.717, 1.165) is 16.1 Å². The molecule has 0 heterocycles. The van der Waals surface area contributed by atoms with Gasteiger partial charge in [-0.3, -0.25) is 0 Å². The van der Waals surface area contributed by atoms with Crippen LogP contribution in [0.3, 0.4) is 0 Å². The quantitative estimate of drug-likeness (QED) is 0.289. The Bertz CT molecular complexity index is 559. The van der Waals surface area contributed by atoms with Gasteiger partial charge in [0.05, 0.1) is 0 Å². The Morgan fingerprint density at radius 3 is 2.27 bits per heavy atom. The molecule has 1 fully saturated rings. The van der Waals surface area contributed by atoms with Crippen LogP contribution in [0.25, 0.3) is 0 Å². The molecule has 3 aliphatic carbocycles. The number of hydrogen-bond donors (Lipinski definition) is 0. The molecule has 0 nitrogen and oxygen atoms in total. The molecule has 0 spiro atoms. The molecule has 0 saturated heterocycles. The summed E-state index contributed by atoms with van der Waals surface area (Å²) in [5.74, 6) is 1.81. The first kappa shape index (κ1) is 20.7. The zero-order valence-electron chi connectivity index (χ0n) is 18.0. The van der Waals surface area contributed by atoms with E-state index in [0.29, 0.717) is 10.8 Å². The molecule has 0 amide bonds. The fourth-order valence-corrected chi connectivity index (χ4v) is 13.1. The van der Waals surface area contributed by atoms with Crippen molar-refractivity contribution in [3.05, 3.63) is 36.0 Å². The van der Waals surface area contributed by atoms with Crippen LogP contribution < -0.4 is 0 Å². The second-order valence-corrected chi connectivity index (χ2v) is 14.7. The van der Waals surface area contributed by atoms with Crippen LogP contribution in [0.1, 0.15) is 79.6 Å². The predicted molar refractivity (Wildman–Crippen MR) is 112 cm³/mol. The van der Waals surface area contributed by atoms with Gasteiger partial charge in [0.1, 0.15) is 0 Å². The van der Waals surface area contributed by atoms with Gasteiger partial charge in [-0.15, -0.1) is 0 Å². The van der Waals surface area contributed by atoms with Crippen LogP contribution in [0.2, 0.25) is 13.7 Å². The summed E-state index contributed by atoms with van der Waals surface area (Å²) in [6, 6.07) is 0. The summed E-state index contributed by atoms with van der Waals surface area (Å²) in [6.45, 7) is 12.4. The van der Waals surface area contributed by atoms with E-state index < -0.39 is 17.9 Å². The monoisotopic (exact) mass is 389 g/mol. The Kier molecular flexibility index (Phi) is 6.77. The van der Waals surface area contributed by atoms with Crippen LogP contribution in [0, 0.1) is 22.7 Å². The van der Waals surface area contributed by atoms with Crippen molar-refractivity contribution in [1.82, 2.24) is 0 Å². The van der Waals surface area contributed by atoms with Crippen molar-refractivity contribution in [2.75, 3.05) is 0 Å². The summed E-state index contributed by atoms with van der Waals surface area (Å²) in [5, 5.41) is 0. The van der Waals surface area contributed by atoms with Crippen molar-refractivity contribution in [3.63, 3.8) is 0 Å². The van der Waals surface area contributed by atoms with Gasteiger partial charge in [0.2, 0.25) is 0 Å². The Hall–Kier alpha value is -0.0657. The van der Waals surface area contributed by atoms with Gasteiger partial charge >= 0.3 is 170 Å². The first-order valence-corrected chi connectivity index (χ1v) is 14.5. The zero-order chi connectivity index (χ0) is 18.8. The Balaban J connectivity index is 1.88. The summed E-state index contributed by atoms with van der Waals surface area (Å²) in [7, 11) is 0. The molecule has 1 heteroatoms. The SMILES string of the molecule is CCC[CH2][Ti]([CH2]CCC)[CH]1CCC2C1C(C)(C)C=CC2(C)C1=CC=CC1. The topological polar surface area (TPSA) is 0 Å². The fourth-order valence-electron chi connectivity index (χ4n) is 6.28.